The highest BCUT2D eigenvalue weighted by Crippen LogP contribution is 2.41. The Hall–Kier alpha value is -4.02. The number of fused-ring (bicyclic) bond motifs is 2. The van der Waals surface area contributed by atoms with E-state index in [0.29, 0.717) is 58.8 Å². The molecule has 0 saturated heterocycles. The first-order chi connectivity index (χ1) is 16.0. The summed E-state index contributed by atoms with van der Waals surface area (Å²) in [7, 11) is 4.75. The first-order valence-electron chi connectivity index (χ1n) is 10.5. The van der Waals surface area contributed by atoms with E-state index in [-0.39, 0.29) is 18.4 Å². The molecular formula is C22H26N6O5. The molecule has 0 fully saturated rings. The highest BCUT2D eigenvalue weighted by molar-refractivity contribution is 6.32. The topological polar surface area (TPSA) is 127 Å². The Kier molecular flexibility index (Phi) is 6.48. The van der Waals surface area contributed by atoms with Crippen LogP contribution >= 0.6 is 0 Å². The molecule has 2 aromatic rings. The van der Waals surface area contributed by atoms with Crippen molar-refractivity contribution >= 4 is 34.7 Å². The molecule has 1 aromatic carbocycles. The predicted molar refractivity (Wildman–Crippen MR) is 123 cm³/mol. The van der Waals surface area contributed by atoms with Crippen molar-refractivity contribution in [1.82, 2.24) is 14.9 Å². The minimum absolute atomic E-state index is 0.147. The second-order valence-electron chi connectivity index (χ2n) is 7.55. The standard InChI is InChI=1S/C22H26N6O5/c1-28-7-5-4-6-23-20-18-14(22(30)27-21(18)26-12-25-20)10-24-13-8-15(31-2)19(32-3)16(9-13)33-11-17(28)29/h8-10,12,24H,4-7,11H2,1-3H3,(H2,23,25,26,27,30)/b14-10-. The van der Waals surface area contributed by atoms with E-state index >= 15 is 0 Å². The summed E-state index contributed by atoms with van der Waals surface area (Å²) in [5.41, 5.74) is 1.57. The average Bonchev–Trinajstić information content (AvgIpc) is 3.15. The molecule has 2 bridgehead atoms. The van der Waals surface area contributed by atoms with Crippen LogP contribution in [0.25, 0.3) is 5.57 Å². The lowest BCUT2D eigenvalue weighted by Crippen LogP contribution is -2.32. The van der Waals surface area contributed by atoms with Crippen LogP contribution in [0.1, 0.15) is 18.4 Å². The molecule has 2 aliphatic heterocycles. The Balaban J connectivity index is 1.75. The van der Waals surface area contributed by atoms with E-state index in [1.165, 1.54) is 20.5 Å². The maximum atomic E-state index is 12.6. The number of hydrogen-bond acceptors (Lipinski definition) is 9. The molecule has 2 amide bonds. The van der Waals surface area contributed by atoms with Crippen molar-refractivity contribution in [2.45, 2.75) is 12.8 Å². The van der Waals surface area contributed by atoms with Crippen LogP contribution in [0, 0.1) is 0 Å². The van der Waals surface area contributed by atoms with Crippen molar-refractivity contribution in [3.8, 4) is 17.2 Å². The summed E-state index contributed by atoms with van der Waals surface area (Å²) in [6.07, 6.45) is 4.58. The molecule has 0 aliphatic carbocycles. The first-order valence-corrected chi connectivity index (χ1v) is 10.5. The lowest BCUT2D eigenvalue weighted by atomic mass is 10.1. The third kappa shape index (κ3) is 4.61. The van der Waals surface area contributed by atoms with Gasteiger partial charge in [0.15, 0.2) is 18.1 Å². The van der Waals surface area contributed by atoms with Gasteiger partial charge in [0.2, 0.25) is 5.75 Å². The lowest BCUT2D eigenvalue weighted by Gasteiger charge is -2.19. The van der Waals surface area contributed by atoms with E-state index in [4.69, 9.17) is 14.2 Å². The largest absolute Gasteiger partial charge is 0.493 e. The smallest absolute Gasteiger partial charge is 0.260 e. The Morgan fingerprint density at radius 2 is 1.91 bits per heavy atom. The third-order valence-electron chi connectivity index (χ3n) is 5.41. The van der Waals surface area contributed by atoms with Gasteiger partial charge >= 0.3 is 0 Å². The molecule has 1 aromatic heterocycles. The fourth-order valence-electron chi connectivity index (χ4n) is 3.63. The van der Waals surface area contributed by atoms with Crippen LogP contribution in [0.5, 0.6) is 17.2 Å². The van der Waals surface area contributed by atoms with Crippen LogP contribution in [-0.4, -0.2) is 67.6 Å². The van der Waals surface area contributed by atoms with E-state index in [1.54, 1.807) is 30.3 Å². The van der Waals surface area contributed by atoms with Gasteiger partial charge in [-0.3, -0.25) is 9.59 Å². The van der Waals surface area contributed by atoms with Crippen molar-refractivity contribution < 1.29 is 23.8 Å². The van der Waals surface area contributed by atoms with Gasteiger partial charge in [0, 0.05) is 44.2 Å². The Labute approximate surface area is 191 Å². The second-order valence-corrected chi connectivity index (χ2v) is 7.55. The molecule has 0 radical (unpaired) electrons. The number of benzene rings is 1. The first kappa shape index (κ1) is 22.2. The Morgan fingerprint density at radius 3 is 2.70 bits per heavy atom. The second kappa shape index (κ2) is 9.63. The number of carbonyl (C=O) groups excluding carboxylic acids is 2. The van der Waals surface area contributed by atoms with Crippen LogP contribution in [0.4, 0.5) is 17.3 Å². The summed E-state index contributed by atoms with van der Waals surface area (Å²) in [4.78, 5) is 35.3. The maximum absolute atomic E-state index is 12.6. The lowest BCUT2D eigenvalue weighted by molar-refractivity contribution is -0.132. The number of aromatic nitrogens is 2. The van der Waals surface area contributed by atoms with E-state index in [1.807, 2.05) is 0 Å². The molecule has 0 saturated carbocycles. The van der Waals surface area contributed by atoms with Gasteiger partial charge in [-0.25, -0.2) is 9.97 Å². The monoisotopic (exact) mass is 454 g/mol. The van der Waals surface area contributed by atoms with Gasteiger partial charge in [-0.1, -0.05) is 0 Å². The number of likely N-dealkylation sites (N-methyl/N-ethyl adjacent to an activating group) is 1. The average molecular weight is 454 g/mol. The van der Waals surface area contributed by atoms with Gasteiger partial charge in [0.05, 0.1) is 25.4 Å². The molecule has 3 heterocycles. The van der Waals surface area contributed by atoms with Crippen molar-refractivity contribution in [2.75, 3.05) is 56.9 Å². The zero-order valence-electron chi connectivity index (χ0n) is 18.7. The minimum atomic E-state index is -0.289. The van der Waals surface area contributed by atoms with E-state index in [2.05, 4.69) is 25.9 Å². The van der Waals surface area contributed by atoms with Gasteiger partial charge in [-0.15, -0.1) is 0 Å². The van der Waals surface area contributed by atoms with Gasteiger partial charge in [-0.05, 0) is 12.8 Å². The molecule has 33 heavy (non-hydrogen) atoms. The number of anilines is 3. The van der Waals surface area contributed by atoms with Gasteiger partial charge < -0.3 is 35.1 Å². The molecule has 0 spiro atoms. The highest BCUT2D eigenvalue weighted by Gasteiger charge is 2.29. The van der Waals surface area contributed by atoms with Crippen molar-refractivity contribution in [1.29, 1.82) is 0 Å². The molecule has 174 valence electrons. The fraction of sp³-hybridized carbons (Fsp3) is 0.364. The minimum Gasteiger partial charge on any atom is -0.493 e. The van der Waals surface area contributed by atoms with Crippen molar-refractivity contribution in [2.24, 2.45) is 0 Å². The van der Waals surface area contributed by atoms with Crippen molar-refractivity contribution in [3.63, 3.8) is 0 Å². The normalized spacial score (nSPS) is 17.9. The molecule has 3 N–H and O–H groups in total. The SMILES string of the molecule is COc1cc2cc(c1OC)OCC(=O)N(C)CCCCNc1ncnc3c1/C(=C/N2)C(=O)N3. The summed E-state index contributed by atoms with van der Waals surface area (Å²) >= 11 is 0. The number of methoxy groups -OCH3 is 2. The number of amides is 2. The van der Waals surface area contributed by atoms with Crippen LogP contribution in [-0.2, 0) is 9.59 Å². The summed E-state index contributed by atoms with van der Waals surface area (Å²) in [6, 6.07) is 3.39. The molecule has 4 rings (SSSR count). The number of nitrogens with one attached hydrogen (secondary N) is 3. The van der Waals surface area contributed by atoms with E-state index in [9.17, 15) is 9.59 Å². The summed E-state index contributed by atoms with van der Waals surface area (Å²) in [5, 5.41) is 9.16. The predicted octanol–water partition coefficient (Wildman–Crippen LogP) is 1.94. The fourth-order valence-corrected chi connectivity index (χ4v) is 3.63. The zero-order chi connectivity index (χ0) is 23.4. The number of nitrogens with zero attached hydrogens (tertiary/aromatic N) is 3. The number of ether oxygens (including phenoxy) is 3. The molecule has 0 unspecified atom stereocenters. The van der Waals surface area contributed by atoms with Gasteiger partial charge in [0.1, 0.15) is 18.0 Å². The number of carbonyl (C=O) groups is 2. The van der Waals surface area contributed by atoms with Gasteiger partial charge in [-0.2, -0.15) is 0 Å². The van der Waals surface area contributed by atoms with Crippen LogP contribution in [0.2, 0.25) is 0 Å². The molecule has 0 atom stereocenters. The quantitative estimate of drug-likeness (QED) is 0.624. The molecule has 2 aliphatic rings. The third-order valence-corrected chi connectivity index (χ3v) is 5.41. The maximum Gasteiger partial charge on any atom is 0.260 e. The summed E-state index contributed by atoms with van der Waals surface area (Å²) < 4.78 is 16.7. The van der Waals surface area contributed by atoms with Crippen LogP contribution in [0.15, 0.2) is 24.7 Å². The zero-order valence-corrected chi connectivity index (χ0v) is 18.7. The van der Waals surface area contributed by atoms with Crippen LogP contribution < -0.4 is 30.2 Å². The summed E-state index contributed by atoms with van der Waals surface area (Å²) in [5.74, 6) is 1.70. The highest BCUT2D eigenvalue weighted by atomic mass is 16.5. The Bertz CT molecular complexity index is 1100. The molecule has 11 heteroatoms. The summed E-state index contributed by atoms with van der Waals surface area (Å²) in [6.45, 7) is 1.07. The van der Waals surface area contributed by atoms with Crippen molar-refractivity contribution in [3.05, 3.63) is 30.2 Å². The van der Waals surface area contributed by atoms with Gasteiger partial charge in [0.25, 0.3) is 11.8 Å². The molecular weight excluding hydrogens is 428 g/mol. The van der Waals surface area contributed by atoms with Crippen LogP contribution in [0.3, 0.4) is 0 Å². The number of rotatable bonds is 2. The number of hydrogen-bond donors (Lipinski definition) is 3. The van der Waals surface area contributed by atoms with E-state index < -0.39 is 0 Å². The van der Waals surface area contributed by atoms with E-state index in [0.717, 1.165) is 12.8 Å². The Morgan fingerprint density at radius 1 is 1.09 bits per heavy atom. The molecule has 11 nitrogen and oxygen atoms in total.